The minimum atomic E-state index is 0.103. The molecule has 2 aromatic carbocycles. The summed E-state index contributed by atoms with van der Waals surface area (Å²) in [4.78, 5) is 12.5. The van der Waals surface area contributed by atoms with Crippen LogP contribution in [-0.4, -0.2) is 20.1 Å². The van der Waals surface area contributed by atoms with Crippen LogP contribution in [0.15, 0.2) is 54.6 Å². The molecule has 22 heavy (non-hydrogen) atoms. The first-order chi connectivity index (χ1) is 10.7. The van der Waals surface area contributed by atoms with Gasteiger partial charge in [0.25, 0.3) is 0 Å². The van der Waals surface area contributed by atoms with Gasteiger partial charge in [-0.3, -0.25) is 0 Å². The lowest BCUT2D eigenvalue weighted by molar-refractivity contribution is 0.477. The molecule has 5 heteroatoms. The maximum atomic E-state index is 9.89. The Bertz CT molecular complexity index is 816. The number of aromatic hydroxyl groups is 1. The van der Waals surface area contributed by atoms with Crippen molar-refractivity contribution in [2.24, 2.45) is 0 Å². The minimum Gasteiger partial charge on any atom is -0.507 e. The average molecular weight is 290 g/mol. The van der Waals surface area contributed by atoms with Crippen LogP contribution in [0.5, 0.6) is 5.75 Å². The number of aromatic nitrogens is 3. The van der Waals surface area contributed by atoms with Crippen molar-refractivity contribution in [2.75, 3.05) is 5.73 Å². The smallest absolute Gasteiger partial charge is 0.224 e. The summed E-state index contributed by atoms with van der Waals surface area (Å²) in [7, 11) is 0. The van der Waals surface area contributed by atoms with Crippen LogP contribution in [0.4, 0.5) is 5.95 Å². The molecule has 1 heterocycles. The molecule has 0 unspecified atom stereocenters. The molecule has 0 spiro atoms. The fourth-order valence-corrected chi connectivity index (χ4v) is 2.00. The van der Waals surface area contributed by atoms with E-state index in [1.807, 2.05) is 36.4 Å². The standard InChI is InChI=1S/C17H14N4O/c18-17-20-15(11-10-12-6-2-1-3-7-12)19-16(21-17)13-8-4-5-9-14(13)22/h1-11,22H,(H2,18,19,20,21). The van der Waals surface area contributed by atoms with Crippen molar-refractivity contribution in [3.63, 3.8) is 0 Å². The highest BCUT2D eigenvalue weighted by Gasteiger charge is 2.09. The number of nitrogen functional groups attached to an aromatic ring is 1. The van der Waals surface area contributed by atoms with Crippen LogP contribution in [0.3, 0.4) is 0 Å². The Balaban J connectivity index is 1.97. The molecule has 3 N–H and O–H groups in total. The van der Waals surface area contributed by atoms with E-state index in [0.29, 0.717) is 17.2 Å². The van der Waals surface area contributed by atoms with Crippen molar-refractivity contribution < 1.29 is 5.11 Å². The van der Waals surface area contributed by atoms with Crippen LogP contribution in [-0.2, 0) is 0 Å². The van der Waals surface area contributed by atoms with Crippen molar-refractivity contribution in [1.82, 2.24) is 15.0 Å². The molecular formula is C17H14N4O. The number of nitrogens with two attached hydrogens (primary N) is 1. The molecule has 0 radical (unpaired) electrons. The third-order valence-corrected chi connectivity index (χ3v) is 3.04. The van der Waals surface area contributed by atoms with Crippen LogP contribution in [0.25, 0.3) is 23.5 Å². The number of nitrogens with zero attached hydrogens (tertiary/aromatic N) is 3. The fraction of sp³-hybridized carbons (Fsp3) is 0. The first-order valence-corrected chi connectivity index (χ1v) is 6.75. The van der Waals surface area contributed by atoms with Crippen molar-refractivity contribution in [1.29, 1.82) is 0 Å². The van der Waals surface area contributed by atoms with Gasteiger partial charge in [0.05, 0.1) is 5.56 Å². The van der Waals surface area contributed by atoms with E-state index in [1.165, 1.54) is 0 Å². The highest BCUT2D eigenvalue weighted by Crippen LogP contribution is 2.26. The number of phenolic OH excluding ortho intramolecular Hbond substituents is 1. The highest BCUT2D eigenvalue weighted by atomic mass is 16.3. The Morgan fingerprint density at radius 2 is 1.55 bits per heavy atom. The zero-order chi connectivity index (χ0) is 15.4. The van der Waals surface area contributed by atoms with E-state index < -0.39 is 0 Å². The van der Waals surface area contributed by atoms with Gasteiger partial charge in [0.2, 0.25) is 5.95 Å². The van der Waals surface area contributed by atoms with Gasteiger partial charge in [-0.1, -0.05) is 48.5 Å². The predicted octanol–water partition coefficient (Wildman–Crippen LogP) is 3.00. The normalized spacial score (nSPS) is 10.9. The summed E-state index contributed by atoms with van der Waals surface area (Å²) in [5.74, 6) is 1.000. The largest absolute Gasteiger partial charge is 0.507 e. The number of anilines is 1. The number of benzene rings is 2. The van der Waals surface area contributed by atoms with Crippen molar-refractivity contribution in [3.8, 4) is 17.1 Å². The van der Waals surface area contributed by atoms with Crippen LogP contribution < -0.4 is 5.73 Å². The van der Waals surface area contributed by atoms with Gasteiger partial charge in [-0.25, -0.2) is 4.98 Å². The molecule has 0 amide bonds. The third kappa shape index (κ3) is 3.09. The molecule has 0 aliphatic rings. The molecule has 5 nitrogen and oxygen atoms in total. The molecule has 0 fully saturated rings. The average Bonchev–Trinajstić information content (AvgIpc) is 2.54. The van der Waals surface area contributed by atoms with Gasteiger partial charge >= 0.3 is 0 Å². The zero-order valence-electron chi connectivity index (χ0n) is 11.7. The molecule has 0 aliphatic carbocycles. The summed E-state index contributed by atoms with van der Waals surface area (Å²) in [5.41, 5.74) is 7.29. The maximum absolute atomic E-state index is 9.89. The second kappa shape index (κ2) is 6.05. The Morgan fingerprint density at radius 3 is 2.32 bits per heavy atom. The topological polar surface area (TPSA) is 84.9 Å². The molecular weight excluding hydrogens is 276 g/mol. The zero-order valence-corrected chi connectivity index (χ0v) is 11.7. The number of hydrogen-bond acceptors (Lipinski definition) is 5. The number of phenols is 1. The molecule has 3 aromatic rings. The highest BCUT2D eigenvalue weighted by molar-refractivity contribution is 5.69. The molecule has 0 saturated heterocycles. The lowest BCUT2D eigenvalue weighted by atomic mass is 10.2. The van der Waals surface area contributed by atoms with Gasteiger partial charge < -0.3 is 10.8 Å². The van der Waals surface area contributed by atoms with E-state index in [1.54, 1.807) is 30.3 Å². The van der Waals surface area contributed by atoms with Gasteiger partial charge in [0, 0.05) is 0 Å². The molecule has 108 valence electrons. The van der Waals surface area contributed by atoms with Crippen LogP contribution in [0, 0.1) is 0 Å². The lowest BCUT2D eigenvalue weighted by Gasteiger charge is -2.04. The Hall–Kier alpha value is -3.21. The van der Waals surface area contributed by atoms with E-state index in [9.17, 15) is 5.11 Å². The minimum absolute atomic E-state index is 0.103. The molecule has 0 aliphatic heterocycles. The van der Waals surface area contributed by atoms with E-state index in [-0.39, 0.29) is 11.7 Å². The van der Waals surface area contributed by atoms with E-state index in [0.717, 1.165) is 5.56 Å². The molecule has 3 rings (SSSR count). The Kier molecular flexibility index (Phi) is 3.78. The summed E-state index contributed by atoms with van der Waals surface area (Å²) >= 11 is 0. The number of rotatable bonds is 3. The van der Waals surface area contributed by atoms with Crippen molar-refractivity contribution in [3.05, 3.63) is 66.0 Å². The molecule has 0 bridgehead atoms. The van der Waals surface area contributed by atoms with Gasteiger partial charge in [-0.05, 0) is 23.8 Å². The summed E-state index contributed by atoms with van der Waals surface area (Å²) in [6, 6.07) is 16.7. The molecule has 0 atom stereocenters. The summed E-state index contributed by atoms with van der Waals surface area (Å²) < 4.78 is 0. The predicted molar refractivity (Wildman–Crippen MR) is 86.7 cm³/mol. The lowest BCUT2D eigenvalue weighted by Crippen LogP contribution is -2.02. The second-order valence-corrected chi connectivity index (χ2v) is 4.64. The Morgan fingerprint density at radius 1 is 0.818 bits per heavy atom. The van der Waals surface area contributed by atoms with E-state index in [4.69, 9.17) is 5.73 Å². The third-order valence-electron chi connectivity index (χ3n) is 3.04. The quantitative estimate of drug-likeness (QED) is 0.774. The number of para-hydroxylation sites is 1. The van der Waals surface area contributed by atoms with E-state index >= 15 is 0 Å². The molecule has 1 aromatic heterocycles. The van der Waals surface area contributed by atoms with Gasteiger partial charge in [0.15, 0.2) is 11.6 Å². The summed E-state index contributed by atoms with van der Waals surface area (Å²) in [6.45, 7) is 0. The second-order valence-electron chi connectivity index (χ2n) is 4.64. The van der Waals surface area contributed by atoms with Crippen LogP contribution in [0.1, 0.15) is 11.4 Å². The van der Waals surface area contributed by atoms with E-state index in [2.05, 4.69) is 15.0 Å². The van der Waals surface area contributed by atoms with Gasteiger partial charge in [-0.2, -0.15) is 9.97 Å². The maximum Gasteiger partial charge on any atom is 0.224 e. The molecule has 0 saturated carbocycles. The van der Waals surface area contributed by atoms with Crippen LogP contribution >= 0.6 is 0 Å². The van der Waals surface area contributed by atoms with Crippen molar-refractivity contribution in [2.45, 2.75) is 0 Å². The SMILES string of the molecule is Nc1nc(C=Cc2ccccc2)nc(-c2ccccc2O)n1. The van der Waals surface area contributed by atoms with Gasteiger partial charge in [0.1, 0.15) is 5.75 Å². The monoisotopic (exact) mass is 290 g/mol. The summed E-state index contributed by atoms with van der Waals surface area (Å²) in [5, 5.41) is 9.89. The summed E-state index contributed by atoms with van der Waals surface area (Å²) in [6.07, 6.45) is 3.65. The Labute approximate surface area is 127 Å². The van der Waals surface area contributed by atoms with Crippen LogP contribution in [0.2, 0.25) is 0 Å². The first-order valence-electron chi connectivity index (χ1n) is 6.75. The fourth-order valence-electron chi connectivity index (χ4n) is 2.00. The number of hydrogen-bond donors (Lipinski definition) is 2. The van der Waals surface area contributed by atoms with Crippen molar-refractivity contribution >= 4 is 18.1 Å². The first kappa shape index (κ1) is 13.8. The van der Waals surface area contributed by atoms with Gasteiger partial charge in [-0.15, -0.1) is 0 Å².